The van der Waals surface area contributed by atoms with Crippen molar-refractivity contribution < 1.29 is 4.79 Å². The highest BCUT2D eigenvalue weighted by molar-refractivity contribution is 5.75. The Bertz CT molecular complexity index is 994. The van der Waals surface area contributed by atoms with E-state index in [-0.39, 0.29) is 5.91 Å². The topological polar surface area (TPSA) is 85.0 Å². The van der Waals surface area contributed by atoms with Crippen LogP contribution in [0.25, 0.3) is 0 Å². The summed E-state index contributed by atoms with van der Waals surface area (Å²) in [6.07, 6.45) is 5.94. The minimum absolute atomic E-state index is 0.112. The van der Waals surface area contributed by atoms with E-state index in [0.29, 0.717) is 25.9 Å². The van der Waals surface area contributed by atoms with Crippen LogP contribution in [0.15, 0.2) is 36.7 Å². The number of aromatic nitrogens is 6. The fourth-order valence-electron chi connectivity index (χ4n) is 3.89. The van der Waals surface area contributed by atoms with Crippen LogP contribution in [0.5, 0.6) is 0 Å². The first-order chi connectivity index (χ1) is 14.6. The van der Waals surface area contributed by atoms with Crippen molar-refractivity contribution in [1.82, 2.24) is 39.8 Å². The summed E-state index contributed by atoms with van der Waals surface area (Å²) in [7, 11) is 3.70. The Morgan fingerprint density at radius 3 is 2.87 bits per heavy atom. The van der Waals surface area contributed by atoms with Gasteiger partial charge in [0.05, 0.1) is 12.7 Å². The third-order valence-corrected chi connectivity index (χ3v) is 5.55. The monoisotopic (exact) mass is 408 g/mol. The van der Waals surface area contributed by atoms with Gasteiger partial charge in [-0.05, 0) is 34.4 Å². The maximum atomic E-state index is 12.4. The van der Waals surface area contributed by atoms with E-state index in [1.54, 1.807) is 15.8 Å². The summed E-state index contributed by atoms with van der Waals surface area (Å²) in [5, 5.41) is 16.3. The number of rotatable bonds is 8. The number of carbonyl (C=O) groups excluding carboxylic acids is 1. The lowest BCUT2D eigenvalue weighted by Gasteiger charge is -2.28. The molecule has 1 amide bonds. The van der Waals surface area contributed by atoms with E-state index in [0.717, 1.165) is 37.4 Å². The van der Waals surface area contributed by atoms with E-state index in [1.807, 2.05) is 25.0 Å². The lowest BCUT2D eigenvalue weighted by atomic mass is 10.00. The molecule has 1 aliphatic heterocycles. The third kappa shape index (κ3) is 4.91. The summed E-state index contributed by atoms with van der Waals surface area (Å²) in [5.41, 5.74) is 3.84. The molecule has 0 atom stereocenters. The summed E-state index contributed by atoms with van der Waals surface area (Å²) in [6.45, 7) is 3.84. The molecule has 1 aromatic carbocycles. The largest absolute Gasteiger partial charge is 0.341 e. The summed E-state index contributed by atoms with van der Waals surface area (Å²) in [4.78, 5) is 16.5. The highest BCUT2D eigenvalue weighted by atomic mass is 16.2. The summed E-state index contributed by atoms with van der Waals surface area (Å²) in [6, 6.07) is 8.59. The van der Waals surface area contributed by atoms with Crippen molar-refractivity contribution in [2.45, 2.75) is 45.4 Å². The van der Waals surface area contributed by atoms with Crippen LogP contribution >= 0.6 is 0 Å². The number of nitrogens with zero attached hydrogens (tertiary/aromatic N) is 8. The Hall–Kier alpha value is -3.07. The van der Waals surface area contributed by atoms with E-state index >= 15 is 0 Å². The Morgan fingerprint density at radius 2 is 2.07 bits per heavy atom. The predicted molar refractivity (Wildman–Crippen MR) is 111 cm³/mol. The molecule has 0 saturated carbocycles. The Morgan fingerprint density at radius 1 is 1.23 bits per heavy atom. The molecule has 3 heterocycles. The quantitative estimate of drug-likeness (QED) is 0.560. The Balaban J connectivity index is 1.25. The molecule has 4 rings (SSSR count). The van der Waals surface area contributed by atoms with Crippen LogP contribution in [0.4, 0.5) is 0 Å². The highest BCUT2D eigenvalue weighted by Gasteiger charge is 2.19. The number of carbonyl (C=O) groups is 1. The third-order valence-electron chi connectivity index (χ3n) is 5.55. The number of hydrogen-bond acceptors (Lipinski definition) is 6. The summed E-state index contributed by atoms with van der Waals surface area (Å²) >= 11 is 0. The van der Waals surface area contributed by atoms with Gasteiger partial charge >= 0.3 is 0 Å². The number of tetrazole rings is 1. The van der Waals surface area contributed by atoms with Crippen molar-refractivity contribution >= 4 is 5.91 Å². The second kappa shape index (κ2) is 9.17. The molecular weight excluding hydrogens is 380 g/mol. The number of hydrogen-bond donors (Lipinski definition) is 0. The zero-order valence-electron chi connectivity index (χ0n) is 17.6. The molecule has 0 unspecified atom stereocenters. The molecule has 0 aliphatic carbocycles. The van der Waals surface area contributed by atoms with Gasteiger partial charge in [-0.15, -0.1) is 5.10 Å². The zero-order chi connectivity index (χ0) is 20.9. The summed E-state index contributed by atoms with van der Waals surface area (Å²) < 4.78 is 3.57. The molecule has 1 aliphatic rings. The SMILES string of the molecule is CN(Cc1cnn(C)c1)C(=O)CCCn1nnnc1CN1CCc2ccccc2C1. The normalized spacial score (nSPS) is 13.9. The highest BCUT2D eigenvalue weighted by Crippen LogP contribution is 2.19. The van der Waals surface area contributed by atoms with Gasteiger partial charge < -0.3 is 4.90 Å². The first-order valence-electron chi connectivity index (χ1n) is 10.3. The van der Waals surface area contributed by atoms with Gasteiger partial charge in [-0.3, -0.25) is 14.4 Å². The van der Waals surface area contributed by atoms with Crippen LogP contribution in [-0.4, -0.2) is 59.3 Å². The van der Waals surface area contributed by atoms with Crippen molar-refractivity contribution in [1.29, 1.82) is 0 Å². The van der Waals surface area contributed by atoms with Crippen LogP contribution in [-0.2, 0) is 44.4 Å². The molecule has 158 valence electrons. The molecule has 0 radical (unpaired) electrons. The van der Waals surface area contributed by atoms with Gasteiger partial charge in [-0.25, -0.2) is 4.68 Å². The molecule has 0 saturated heterocycles. The van der Waals surface area contributed by atoms with E-state index in [1.165, 1.54) is 11.1 Å². The maximum absolute atomic E-state index is 12.4. The molecule has 9 nitrogen and oxygen atoms in total. The minimum atomic E-state index is 0.112. The average molecular weight is 409 g/mol. The smallest absolute Gasteiger partial charge is 0.222 e. The lowest BCUT2D eigenvalue weighted by molar-refractivity contribution is -0.130. The van der Waals surface area contributed by atoms with Gasteiger partial charge in [0.15, 0.2) is 5.82 Å². The van der Waals surface area contributed by atoms with Crippen molar-refractivity contribution in [3.05, 3.63) is 59.2 Å². The van der Waals surface area contributed by atoms with Crippen LogP contribution in [0.3, 0.4) is 0 Å². The second-order valence-electron chi connectivity index (χ2n) is 7.92. The molecular formula is C21H28N8O. The number of fused-ring (bicyclic) bond motifs is 1. The predicted octanol–water partition coefficient (Wildman–Crippen LogP) is 1.40. The molecule has 30 heavy (non-hydrogen) atoms. The molecule has 9 heteroatoms. The van der Waals surface area contributed by atoms with Gasteiger partial charge in [0, 0.05) is 58.5 Å². The standard InChI is InChI=1S/C21H28N8O/c1-26(13-17-12-22-27(2)14-17)21(30)8-5-10-29-20(23-24-25-29)16-28-11-9-18-6-3-4-7-19(18)15-28/h3-4,6-7,12,14H,5,8-11,13,15-16H2,1-2H3. The van der Waals surface area contributed by atoms with Crippen molar-refractivity contribution in [3.63, 3.8) is 0 Å². The van der Waals surface area contributed by atoms with E-state index in [9.17, 15) is 4.79 Å². The Kier molecular flexibility index (Phi) is 6.18. The van der Waals surface area contributed by atoms with Gasteiger partial charge in [0.2, 0.25) is 5.91 Å². The van der Waals surface area contributed by atoms with Gasteiger partial charge in [0.1, 0.15) is 0 Å². The number of benzene rings is 1. The second-order valence-corrected chi connectivity index (χ2v) is 7.92. The molecule has 0 fully saturated rings. The molecule has 0 N–H and O–H groups in total. The minimum Gasteiger partial charge on any atom is -0.341 e. The van der Waals surface area contributed by atoms with Crippen LogP contribution < -0.4 is 0 Å². The number of aryl methyl sites for hydroxylation is 2. The fraction of sp³-hybridized carbons (Fsp3) is 0.476. The molecule has 3 aromatic rings. The first-order valence-corrected chi connectivity index (χ1v) is 10.3. The lowest BCUT2D eigenvalue weighted by Crippen LogP contribution is -2.31. The van der Waals surface area contributed by atoms with E-state index in [2.05, 4.69) is 49.8 Å². The van der Waals surface area contributed by atoms with E-state index in [4.69, 9.17) is 0 Å². The van der Waals surface area contributed by atoms with Crippen molar-refractivity contribution in [3.8, 4) is 0 Å². The fourth-order valence-corrected chi connectivity index (χ4v) is 3.89. The van der Waals surface area contributed by atoms with Gasteiger partial charge in [0.25, 0.3) is 0 Å². The molecule has 0 bridgehead atoms. The summed E-state index contributed by atoms with van der Waals surface area (Å²) in [5.74, 6) is 0.964. The number of amides is 1. The van der Waals surface area contributed by atoms with Crippen LogP contribution in [0.2, 0.25) is 0 Å². The zero-order valence-corrected chi connectivity index (χ0v) is 17.6. The van der Waals surface area contributed by atoms with Gasteiger partial charge in [-0.2, -0.15) is 5.10 Å². The molecule has 0 spiro atoms. The van der Waals surface area contributed by atoms with Crippen LogP contribution in [0, 0.1) is 0 Å². The van der Waals surface area contributed by atoms with E-state index < -0.39 is 0 Å². The van der Waals surface area contributed by atoms with Gasteiger partial charge in [-0.1, -0.05) is 24.3 Å². The van der Waals surface area contributed by atoms with Crippen molar-refractivity contribution in [2.24, 2.45) is 7.05 Å². The maximum Gasteiger partial charge on any atom is 0.222 e. The van der Waals surface area contributed by atoms with Crippen molar-refractivity contribution in [2.75, 3.05) is 13.6 Å². The van der Waals surface area contributed by atoms with Crippen LogP contribution in [0.1, 0.15) is 35.4 Å². The average Bonchev–Trinajstić information content (AvgIpc) is 3.36. The molecule has 2 aromatic heterocycles. The first kappa shape index (κ1) is 20.2. The Labute approximate surface area is 176 Å².